The maximum absolute atomic E-state index is 11.6. The zero-order valence-electron chi connectivity index (χ0n) is 9.90. The predicted molar refractivity (Wildman–Crippen MR) is 66.0 cm³/mol. The van der Waals surface area contributed by atoms with Crippen LogP contribution in [-0.2, 0) is 6.42 Å². The van der Waals surface area contributed by atoms with Gasteiger partial charge in [-0.05, 0) is 18.6 Å². The number of hydrogen-bond acceptors (Lipinski definition) is 4. The number of carbonyl (C=O) groups is 1. The molecule has 4 heteroatoms. The molecule has 0 aliphatic heterocycles. The van der Waals surface area contributed by atoms with Crippen LogP contribution in [0.1, 0.15) is 36.0 Å². The van der Waals surface area contributed by atoms with Crippen LogP contribution in [0.2, 0.25) is 0 Å². The summed E-state index contributed by atoms with van der Waals surface area (Å²) in [5.41, 5.74) is 7.19. The van der Waals surface area contributed by atoms with Crippen LogP contribution in [0.25, 0.3) is 11.1 Å². The molecule has 4 nitrogen and oxygen atoms in total. The number of nitrogens with two attached hydrogens (primary N) is 1. The molecule has 2 rings (SSSR count). The number of para-hydroxylation sites is 1. The third-order valence-corrected chi connectivity index (χ3v) is 2.69. The number of fused-ring (bicyclic) bond motifs is 1. The van der Waals surface area contributed by atoms with Crippen molar-refractivity contribution in [3.8, 4) is 0 Å². The van der Waals surface area contributed by atoms with Crippen molar-refractivity contribution < 1.29 is 9.21 Å². The molecule has 1 aromatic carbocycles. The first-order chi connectivity index (χ1) is 8.26. The second-order valence-corrected chi connectivity index (χ2v) is 3.99. The van der Waals surface area contributed by atoms with Crippen LogP contribution in [-0.4, -0.2) is 17.3 Å². The summed E-state index contributed by atoms with van der Waals surface area (Å²) in [7, 11) is 0. The van der Waals surface area contributed by atoms with Crippen molar-refractivity contribution >= 4 is 16.9 Å². The average molecular weight is 232 g/mol. The van der Waals surface area contributed by atoms with Crippen LogP contribution >= 0.6 is 0 Å². The number of hydrogen-bond donors (Lipinski definition) is 1. The average Bonchev–Trinajstić information content (AvgIpc) is 2.77. The van der Waals surface area contributed by atoms with E-state index in [0.29, 0.717) is 17.0 Å². The van der Waals surface area contributed by atoms with Gasteiger partial charge in [0.25, 0.3) is 0 Å². The molecule has 1 heterocycles. The van der Waals surface area contributed by atoms with E-state index < -0.39 is 0 Å². The highest BCUT2D eigenvalue weighted by Crippen LogP contribution is 2.21. The van der Waals surface area contributed by atoms with Crippen LogP contribution in [0.15, 0.2) is 22.6 Å². The van der Waals surface area contributed by atoms with Gasteiger partial charge in [0.1, 0.15) is 5.52 Å². The Morgan fingerprint density at radius 1 is 1.47 bits per heavy atom. The first kappa shape index (κ1) is 11.8. The predicted octanol–water partition coefficient (Wildman–Crippen LogP) is 2.31. The van der Waals surface area contributed by atoms with Gasteiger partial charge in [-0.25, -0.2) is 4.98 Å². The van der Waals surface area contributed by atoms with E-state index in [9.17, 15) is 4.79 Å². The molecule has 90 valence electrons. The van der Waals surface area contributed by atoms with Gasteiger partial charge in [-0.2, -0.15) is 0 Å². The molecule has 0 aliphatic rings. The summed E-state index contributed by atoms with van der Waals surface area (Å²) >= 11 is 0. The highest BCUT2D eigenvalue weighted by molar-refractivity contribution is 6.06. The van der Waals surface area contributed by atoms with Gasteiger partial charge in [0, 0.05) is 6.42 Å². The molecule has 0 unspecified atom stereocenters. The topological polar surface area (TPSA) is 69.1 Å². The molecule has 0 saturated heterocycles. The first-order valence-electron chi connectivity index (χ1n) is 5.88. The Labute approximate surface area is 99.8 Å². The smallest absolute Gasteiger partial charge is 0.195 e. The molecule has 0 aliphatic carbocycles. The molecule has 0 amide bonds. The van der Waals surface area contributed by atoms with Gasteiger partial charge >= 0.3 is 0 Å². The molecule has 1 aromatic heterocycles. The summed E-state index contributed by atoms with van der Waals surface area (Å²) in [6.07, 6.45) is 2.93. The largest absolute Gasteiger partial charge is 0.440 e. The normalized spacial score (nSPS) is 10.9. The fraction of sp³-hybridized carbons (Fsp3) is 0.385. The number of nitrogens with zero attached hydrogens (tertiary/aromatic N) is 1. The Kier molecular flexibility index (Phi) is 3.54. The Bertz CT molecular complexity index is 531. The fourth-order valence-electron chi connectivity index (χ4n) is 1.76. The number of oxazole rings is 1. The van der Waals surface area contributed by atoms with E-state index >= 15 is 0 Å². The van der Waals surface area contributed by atoms with Crippen molar-refractivity contribution in [2.45, 2.75) is 26.2 Å². The van der Waals surface area contributed by atoms with Crippen molar-refractivity contribution in [1.29, 1.82) is 0 Å². The molecule has 0 saturated carbocycles. The minimum Gasteiger partial charge on any atom is -0.440 e. The van der Waals surface area contributed by atoms with Crippen LogP contribution in [0.4, 0.5) is 0 Å². The minimum atomic E-state index is -0.117. The number of ketones is 1. The summed E-state index contributed by atoms with van der Waals surface area (Å²) in [5.74, 6) is 0.577. The van der Waals surface area contributed by atoms with Gasteiger partial charge in [0.05, 0.1) is 12.1 Å². The highest BCUT2D eigenvalue weighted by atomic mass is 16.3. The molecule has 2 aromatic rings. The summed E-state index contributed by atoms with van der Waals surface area (Å²) in [5, 5.41) is 0. The van der Waals surface area contributed by atoms with E-state index in [1.165, 1.54) is 0 Å². The number of rotatable bonds is 5. The van der Waals surface area contributed by atoms with Gasteiger partial charge < -0.3 is 10.2 Å². The molecule has 17 heavy (non-hydrogen) atoms. The maximum atomic E-state index is 11.6. The summed E-state index contributed by atoms with van der Waals surface area (Å²) in [6.45, 7) is 2.11. The highest BCUT2D eigenvalue weighted by Gasteiger charge is 2.13. The Morgan fingerprint density at radius 3 is 3.00 bits per heavy atom. The number of carbonyl (C=O) groups excluding carboxylic acids is 1. The van der Waals surface area contributed by atoms with E-state index in [1.54, 1.807) is 12.1 Å². The third-order valence-electron chi connectivity index (χ3n) is 2.69. The van der Waals surface area contributed by atoms with E-state index in [1.807, 2.05) is 6.07 Å². The molecule has 0 bridgehead atoms. The van der Waals surface area contributed by atoms with Crippen molar-refractivity contribution in [1.82, 2.24) is 4.98 Å². The van der Waals surface area contributed by atoms with E-state index in [0.717, 1.165) is 24.8 Å². The van der Waals surface area contributed by atoms with Crippen LogP contribution in [0.3, 0.4) is 0 Å². The molecule has 0 radical (unpaired) electrons. The lowest BCUT2D eigenvalue weighted by Gasteiger charge is -1.97. The fourth-order valence-corrected chi connectivity index (χ4v) is 1.76. The summed E-state index contributed by atoms with van der Waals surface area (Å²) in [6, 6.07) is 5.38. The Morgan fingerprint density at radius 2 is 2.29 bits per heavy atom. The van der Waals surface area contributed by atoms with Gasteiger partial charge in [-0.1, -0.05) is 19.4 Å². The van der Waals surface area contributed by atoms with Crippen molar-refractivity contribution in [2.75, 3.05) is 6.54 Å². The lowest BCUT2D eigenvalue weighted by molar-refractivity contribution is 0.100. The molecule has 0 fully saturated rings. The van der Waals surface area contributed by atoms with E-state index in [-0.39, 0.29) is 12.3 Å². The Hall–Kier alpha value is -1.68. The lowest BCUT2D eigenvalue weighted by atomic mass is 10.1. The summed E-state index contributed by atoms with van der Waals surface area (Å²) < 4.78 is 5.64. The first-order valence-corrected chi connectivity index (χ1v) is 5.88. The van der Waals surface area contributed by atoms with Gasteiger partial charge in [0.2, 0.25) is 0 Å². The molecule has 0 atom stereocenters. The number of unbranched alkanes of at least 4 members (excludes halogenated alkanes) is 1. The van der Waals surface area contributed by atoms with Crippen molar-refractivity contribution in [3.05, 3.63) is 29.7 Å². The quantitative estimate of drug-likeness (QED) is 0.803. The maximum Gasteiger partial charge on any atom is 0.195 e. The number of aromatic nitrogens is 1. The van der Waals surface area contributed by atoms with E-state index in [4.69, 9.17) is 10.2 Å². The molecule has 2 N–H and O–H groups in total. The van der Waals surface area contributed by atoms with Gasteiger partial charge in [-0.3, -0.25) is 4.79 Å². The SMILES string of the molecule is CCCCc1nc2cccc(C(=O)CN)c2o1. The second kappa shape index (κ2) is 5.10. The molecular weight excluding hydrogens is 216 g/mol. The van der Waals surface area contributed by atoms with Crippen LogP contribution in [0.5, 0.6) is 0 Å². The monoisotopic (exact) mass is 232 g/mol. The Balaban J connectivity index is 2.42. The molecule has 0 spiro atoms. The van der Waals surface area contributed by atoms with Crippen molar-refractivity contribution in [2.24, 2.45) is 5.73 Å². The number of aryl methyl sites for hydroxylation is 1. The zero-order chi connectivity index (χ0) is 12.3. The summed E-state index contributed by atoms with van der Waals surface area (Å²) in [4.78, 5) is 16.0. The van der Waals surface area contributed by atoms with Crippen molar-refractivity contribution in [3.63, 3.8) is 0 Å². The molecular formula is C13H16N2O2. The van der Waals surface area contributed by atoms with E-state index in [2.05, 4.69) is 11.9 Å². The van der Waals surface area contributed by atoms with Crippen LogP contribution in [0, 0.1) is 0 Å². The minimum absolute atomic E-state index is 0.00981. The third kappa shape index (κ3) is 2.36. The van der Waals surface area contributed by atoms with Gasteiger partial charge in [0.15, 0.2) is 17.3 Å². The van der Waals surface area contributed by atoms with Crippen LogP contribution < -0.4 is 5.73 Å². The zero-order valence-corrected chi connectivity index (χ0v) is 9.90. The standard InChI is InChI=1S/C13H16N2O2/c1-2-3-7-12-15-10-6-4-5-9(11(16)8-14)13(10)17-12/h4-6H,2-3,7-8,14H2,1H3. The lowest BCUT2D eigenvalue weighted by Crippen LogP contribution is -2.13. The number of Topliss-reactive ketones (excluding diaryl/α,β-unsaturated/α-hetero) is 1. The number of benzene rings is 1. The second-order valence-electron chi connectivity index (χ2n) is 3.99. The van der Waals surface area contributed by atoms with Gasteiger partial charge in [-0.15, -0.1) is 0 Å².